The second kappa shape index (κ2) is 7.01. The molecule has 0 spiro atoms. The molecule has 1 aromatic heterocycles. The van der Waals surface area contributed by atoms with Gasteiger partial charge in [0.15, 0.2) is 0 Å². The Labute approximate surface area is 135 Å². The first kappa shape index (κ1) is 15.2. The van der Waals surface area contributed by atoms with Crippen LogP contribution in [0.15, 0.2) is 65.5 Å². The number of nitrogens with one attached hydrogen (secondary N) is 1. The van der Waals surface area contributed by atoms with E-state index in [0.29, 0.717) is 0 Å². The van der Waals surface area contributed by atoms with Gasteiger partial charge in [-0.2, -0.15) is 0 Å². The molecule has 0 aliphatic rings. The van der Waals surface area contributed by atoms with Crippen molar-refractivity contribution in [2.75, 3.05) is 6.61 Å². The minimum absolute atomic E-state index is 0.0801. The molecular weight excluding hydrogens is 288 g/mol. The summed E-state index contributed by atoms with van der Waals surface area (Å²) >= 11 is 0. The zero-order valence-electron chi connectivity index (χ0n) is 13.2. The Morgan fingerprint density at radius 2 is 1.78 bits per heavy atom. The normalized spacial score (nSPS) is 10.7. The van der Waals surface area contributed by atoms with Crippen LogP contribution in [-0.4, -0.2) is 16.4 Å². The molecule has 4 nitrogen and oxygen atoms in total. The van der Waals surface area contributed by atoms with E-state index in [2.05, 4.69) is 12.0 Å². The van der Waals surface area contributed by atoms with E-state index in [4.69, 9.17) is 4.74 Å². The van der Waals surface area contributed by atoms with Crippen molar-refractivity contribution in [3.8, 4) is 22.7 Å². The third-order valence-electron chi connectivity index (χ3n) is 3.67. The van der Waals surface area contributed by atoms with Gasteiger partial charge in [0.2, 0.25) is 0 Å². The Morgan fingerprint density at radius 1 is 1.04 bits per heavy atom. The van der Waals surface area contributed by atoms with Gasteiger partial charge < -0.3 is 4.74 Å². The number of nitrogens with zero attached hydrogens (tertiary/aromatic N) is 1. The van der Waals surface area contributed by atoms with Crippen molar-refractivity contribution in [2.24, 2.45) is 0 Å². The largest absolute Gasteiger partial charge is 0.494 e. The second-order valence-electron chi connectivity index (χ2n) is 5.41. The number of aromatic nitrogens is 2. The fourth-order valence-electron chi connectivity index (χ4n) is 2.38. The summed E-state index contributed by atoms with van der Waals surface area (Å²) in [5, 5.41) is 3.15. The highest BCUT2D eigenvalue weighted by Gasteiger charge is 2.07. The summed E-state index contributed by atoms with van der Waals surface area (Å²) in [6.45, 7) is 2.85. The van der Waals surface area contributed by atoms with Crippen molar-refractivity contribution in [1.82, 2.24) is 9.78 Å². The first-order valence-electron chi connectivity index (χ1n) is 7.88. The first-order chi connectivity index (χ1) is 11.3. The molecule has 23 heavy (non-hydrogen) atoms. The number of hydrogen-bond acceptors (Lipinski definition) is 2. The molecule has 0 aliphatic heterocycles. The van der Waals surface area contributed by atoms with Gasteiger partial charge in [0, 0.05) is 6.07 Å². The van der Waals surface area contributed by atoms with Crippen LogP contribution >= 0.6 is 0 Å². The Bertz CT molecular complexity index is 801. The highest BCUT2D eigenvalue weighted by molar-refractivity contribution is 5.58. The average molecular weight is 308 g/mol. The minimum Gasteiger partial charge on any atom is -0.494 e. The Morgan fingerprint density at radius 3 is 2.48 bits per heavy atom. The van der Waals surface area contributed by atoms with E-state index in [1.165, 1.54) is 4.68 Å². The summed E-state index contributed by atoms with van der Waals surface area (Å²) in [5.41, 5.74) is 2.50. The molecule has 0 bridgehead atoms. The molecule has 0 amide bonds. The Balaban J connectivity index is 1.82. The molecule has 1 heterocycles. The monoisotopic (exact) mass is 308 g/mol. The van der Waals surface area contributed by atoms with Gasteiger partial charge in [-0.1, -0.05) is 43.7 Å². The summed E-state index contributed by atoms with van der Waals surface area (Å²) in [5.74, 6) is 0.824. The predicted molar refractivity (Wildman–Crippen MR) is 92.2 cm³/mol. The van der Waals surface area contributed by atoms with Gasteiger partial charge in [-0.25, -0.2) is 4.68 Å². The zero-order chi connectivity index (χ0) is 16.1. The van der Waals surface area contributed by atoms with Crippen LogP contribution in [0.4, 0.5) is 0 Å². The van der Waals surface area contributed by atoms with Gasteiger partial charge in [0.25, 0.3) is 5.56 Å². The van der Waals surface area contributed by atoms with E-state index >= 15 is 0 Å². The molecule has 3 aromatic rings. The van der Waals surface area contributed by atoms with Crippen molar-refractivity contribution >= 4 is 0 Å². The van der Waals surface area contributed by atoms with Crippen molar-refractivity contribution in [3.05, 3.63) is 71.0 Å². The molecule has 0 aliphatic carbocycles. The van der Waals surface area contributed by atoms with Gasteiger partial charge in [-0.3, -0.25) is 9.89 Å². The van der Waals surface area contributed by atoms with Crippen LogP contribution < -0.4 is 10.3 Å². The van der Waals surface area contributed by atoms with Gasteiger partial charge in [-0.15, -0.1) is 0 Å². The maximum absolute atomic E-state index is 12.2. The summed E-state index contributed by atoms with van der Waals surface area (Å²) < 4.78 is 7.18. The second-order valence-corrected chi connectivity index (χ2v) is 5.41. The molecule has 2 aromatic carbocycles. The lowest BCUT2D eigenvalue weighted by molar-refractivity contribution is 0.309. The van der Waals surface area contributed by atoms with Crippen LogP contribution in [0.1, 0.15) is 19.8 Å². The van der Waals surface area contributed by atoms with E-state index in [1.54, 1.807) is 6.07 Å². The molecule has 0 saturated carbocycles. The van der Waals surface area contributed by atoms with Crippen molar-refractivity contribution < 1.29 is 4.74 Å². The van der Waals surface area contributed by atoms with E-state index in [-0.39, 0.29) is 5.56 Å². The van der Waals surface area contributed by atoms with Crippen LogP contribution in [0.5, 0.6) is 5.75 Å². The number of hydrogen-bond donors (Lipinski definition) is 1. The quantitative estimate of drug-likeness (QED) is 0.699. The Hall–Kier alpha value is -2.75. The fourth-order valence-corrected chi connectivity index (χ4v) is 2.38. The summed E-state index contributed by atoms with van der Waals surface area (Å²) in [6, 6.07) is 19.0. The van der Waals surface area contributed by atoms with E-state index in [1.807, 2.05) is 54.6 Å². The fraction of sp³-hybridized carbons (Fsp3) is 0.211. The van der Waals surface area contributed by atoms with Crippen LogP contribution in [0, 0.1) is 0 Å². The molecule has 3 rings (SSSR count). The number of rotatable bonds is 6. The minimum atomic E-state index is -0.0801. The lowest BCUT2D eigenvalue weighted by atomic mass is 10.2. The first-order valence-corrected chi connectivity index (χ1v) is 7.88. The van der Waals surface area contributed by atoms with Crippen molar-refractivity contribution in [1.29, 1.82) is 0 Å². The average Bonchev–Trinajstić information content (AvgIpc) is 2.98. The molecule has 0 saturated heterocycles. The summed E-state index contributed by atoms with van der Waals surface area (Å²) in [6.07, 6.45) is 2.15. The van der Waals surface area contributed by atoms with Crippen molar-refractivity contribution in [2.45, 2.75) is 19.8 Å². The van der Waals surface area contributed by atoms with E-state index in [0.717, 1.165) is 42.1 Å². The van der Waals surface area contributed by atoms with Crippen LogP contribution in [-0.2, 0) is 0 Å². The third-order valence-corrected chi connectivity index (χ3v) is 3.67. The van der Waals surface area contributed by atoms with Gasteiger partial charge in [-0.05, 0) is 36.2 Å². The lowest BCUT2D eigenvalue weighted by Gasteiger charge is -2.07. The number of benzene rings is 2. The van der Waals surface area contributed by atoms with Crippen molar-refractivity contribution in [3.63, 3.8) is 0 Å². The molecule has 118 valence electrons. The SMILES string of the molecule is CCCCOc1ccc(-n2[nH]c(-c3ccccc3)cc2=O)cc1. The number of aromatic amines is 1. The van der Waals surface area contributed by atoms with Gasteiger partial charge >= 0.3 is 0 Å². The van der Waals surface area contributed by atoms with Crippen LogP contribution in [0.25, 0.3) is 16.9 Å². The topological polar surface area (TPSA) is 47.0 Å². The standard InChI is InChI=1S/C19H20N2O2/c1-2-3-13-23-17-11-9-16(10-12-17)21-19(22)14-18(20-21)15-7-5-4-6-8-15/h4-12,14,20H,2-3,13H2,1H3. The third kappa shape index (κ3) is 3.54. The summed E-state index contributed by atoms with van der Waals surface area (Å²) in [4.78, 5) is 12.2. The van der Waals surface area contributed by atoms with Crippen LogP contribution in [0.3, 0.4) is 0 Å². The number of ether oxygens (including phenoxy) is 1. The predicted octanol–water partition coefficient (Wildman–Crippen LogP) is 4.01. The molecular formula is C19H20N2O2. The van der Waals surface area contributed by atoms with E-state index < -0.39 is 0 Å². The number of H-pyrrole nitrogens is 1. The molecule has 4 heteroatoms. The zero-order valence-corrected chi connectivity index (χ0v) is 13.2. The lowest BCUT2D eigenvalue weighted by Crippen LogP contribution is -2.13. The highest BCUT2D eigenvalue weighted by Crippen LogP contribution is 2.18. The number of unbranched alkanes of at least 4 members (excludes halogenated alkanes) is 1. The maximum atomic E-state index is 12.2. The molecule has 0 radical (unpaired) electrons. The summed E-state index contributed by atoms with van der Waals surface area (Å²) in [7, 11) is 0. The molecule has 0 fully saturated rings. The van der Waals surface area contributed by atoms with Crippen LogP contribution in [0.2, 0.25) is 0 Å². The maximum Gasteiger partial charge on any atom is 0.271 e. The Kier molecular flexibility index (Phi) is 4.62. The van der Waals surface area contributed by atoms with Gasteiger partial charge in [0.05, 0.1) is 18.0 Å². The molecule has 0 atom stereocenters. The molecule has 0 unspecified atom stereocenters. The highest BCUT2D eigenvalue weighted by atomic mass is 16.5. The smallest absolute Gasteiger partial charge is 0.271 e. The van der Waals surface area contributed by atoms with Gasteiger partial charge in [0.1, 0.15) is 5.75 Å². The van der Waals surface area contributed by atoms with E-state index in [9.17, 15) is 4.79 Å². The molecule has 1 N–H and O–H groups in total.